The third-order valence-corrected chi connectivity index (χ3v) is 11.7. The normalized spacial score (nSPS) is 16.5. The molecule has 2 heterocycles. The monoisotopic (exact) mass is 733 g/mol. The number of aliphatic imine (C=N–C) groups is 1. The van der Waals surface area contributed by atoms with Gasteiger partial charge in [-0.2, -0.15) is 5.10 Å². The summed E-state index contributed by atoms with van der Waals surface area (Å²) >= 11 is 0. The molecule has 2 fully saturated rings. The van der Waals surface area contributed by atoms with Gasteiger partial charge in [-0.15, -0.1) is 0 Å². The van der Waals surface area contributed by atoms with Gasteiger partial charge in [0, 0.05) is 92.6 Å². The van der Waals surface area contributed by atoms with Crippen molar-refractivity contribution < 1.29 is 9.59 Å². The molecule has 0 radical (unpaired) electrons. The Morgan fingerprint density at radius 1 is 0.558 bits per heavy atom. The van der Waals surface area contributed by atoms with Crippen molar-refractivity contribution in [2.75, 3.05) is 72.0 Å². The van der Waals surface area contributed by atoms with Gasteiger partial charge in [0.05, 0.1) is 25.8 Å². The van der Waals surface area contributed by atoms with Crippen LogP contribution in [0.3, 0.4) is 0 Å². The second-order valence-corrected chi connectivity index (χ2v) is 15.3. The molecule has 6 rings (SSSR count). The van der Waals surface area contributed by atoms with Gasteiger partial charge in [-0.3, -0.25) is 34.2 Å². The lowest BCUT2D eigenvalue weighted by molar-refractivity contribution is -0.122. The summed E-state index contributed by atoms with van der Waals surface area (Å²) in [4.78, 5) is 41.4. The molecule has 2 aliphatic heterocycles. The highest BCUT2D eigenvalue weighted by Crippen LogP contribution is 2.39. The van der Waals surface area contributed by atoms with Gasteiger partial charge in [-0.1, -0.05) is 119 Å². The number of carbonyl (C=O) groups is 2. The largest absolute Gasteiger partial charge is 0.297 e. The van der Waals surface area contributed by atoms with E-state index in [1.165, 1.54) is 11.1 Å². The summed E-state index contributed by atoms with van der Waals surface area (Å²) in [5.74, 6) is 0.0226. The van der Waals surface area contributed by atoms with E-state index in [1.54, 1.807) is 27.8 Å². The molecular weight excluding hydrogens is 687 g/mol. The van der Waals surface area contributed by atoms with Gasteiger partial charge in [0.2, 0.25) is 0 Å². The molecule has 11 heteroatoms. The molecule has 0 unspecified atom stereocenters. The second kappa shape index (κ2) is 20.2. The number of carbonyl (C=O) groups excluding carboxylic acids is 2. The fourth-order valence-corrected chi connectivity index (χ4v) is 8.60. The second-order valence-electron chi connectivity index (χ2n) is 13.1. The number of ketones is 1. The van der Waals surface area contributed by atoms with Gasteiger partial charge < -0.3 is 0 Å². The molecule has 4 aromatic carbocycles. The smallest absolute Gasteiger partial charge is 0.254 e. The summed E-state index contributed by atoms with van der Waals surface area (Å²) in [7, 11) is 3.26. The lowest BCUT2D eigenvalue weighted by Crippen LogP contribution is -2.48. The highest BCUT2D eigenvalue weighted by Gasteiger charge is 2.20. The number of amides is 1. The molecule has 0 atom stereocenters. The highest BCUT2D eigenvalue weighted by molar-refractivity contribution is 8.76. The molecule has 2 saturated heterocycles. The summed E-state index contributed by atoms with van der Waals surface area (Å²) in [6.07, 6.45) is 3.52. The first-order valence-corrected chi connectivity index (χ1v) is 20.1. The van der Waals surface area contributed by atoms with Gasteiger partial charge in [0.25, 0.3) is 5.91 Å². The van der Waals surface area contributed by atoms with Crippen molar-refractivity contribution in [2.24, 2.45) is 10.1 Å². The zero-order valence-corrected chi connectivity index (χ0v) is 31.2. The van der Waals surface area contributed by atoms with Gasteiger partial charge >= 0.3 is 0 Å². The fraction of sp³-hybridized carbons (Fsp3) is 0.317. The van der Waals surface area contributed by atoms with Gasteiger partial charge in [-0.05, 0) is 23.3 Å². The summed E-state index contributed by atoms with van der Waals surface area (Å²) in [6, 6.07) is 37.1. The molecule has 270 valence electrons. The van der Waals surface area contributed by atoms with Crippen molar-refractivity contribution in [3.63, 3.8) is 0 Å². The Labute approximate surface area is 315 Å². The van der Waals surface area contributed by atoms with E-state index in [1.807, 2.05) is 60.8 Å². The van der Waals surface area contributed by atoms with Crippen molar-refractivity contribution >= 4 is 45.7 Å². The van der Waals surface area contributed by atoms with Crippen LogP contribution in [-0.4, -0.2) is 116 Å². The zero-order valence-electron chi connectivity index (χ0n) is 29.6. The fourth-order valence-electron chi connectivity index (χ4n) is 6.27. The molecule has 2 aliphatic rings. The molecule has 0 bridgehead atoms. The molecule has 4 aromatic rings. The van der Waals surface area contributed by atoms with E-state index in [2.05, 4.69) is 89.7 Å². The van der Waals surface area contributed by atoms with Gasteiger partial charge in [0.15, 0.2) is 5.78 Å². The zero-order chi connectivity index (χ0) is 35.8. The van der Waals surface area contributed by atoms with E-state index in [0.29, 0.717) is 13.1 Å². The number of nitrogens with one attached hydrogen (secondary N) is 1. The first kappa shape index (κ1) is 37.7. The summed E-state index contributed by atoms with van der Waals surface area (Å²) in [6.45, 7) is 10.1. The Bertz CT molecular complexity index is 1640. The van der Waals surface area contributed by atoms with Crippen molar-refractivity contribution in [1.82, 2.24) is 25.0 Å². The molecule has 0 aliphatic carbocycles. The quantitative estimate of drug-likeness (QED) is 0.0912. The van der Waals surface area contributed by atoms with Crippen LogP contribution >= 0.6 is 21.6 Å². The lowest BCUT2D eigenvalue weighted by atomic mass is 10.2. The summed E-state index contributed by atoms with van der Waals surface area (Å²) in [5.41, 5.74) is 7.26. The van der Waals surface area contributed by atoms with Crippen LogP contribution in [0.15, 0.2) is 129 Å². The Kier molecular flexibility index (Phi) is 14.6. The maximum atomic E-state index is 12.8. The standard InChI is InChI=1S/C41H47N7O2S2/c49-38(32-47-23-19-45(20-24-47)30-34-11-3-1-4-12-34)29-42-27-36-15-7-9-17-39(36)51-52-40-18-10-8-16-37(40)28-43-44-41(50)33-48-25-21-46(22-26-48)31-35-13-5-2-6-14-35/h1-18,27-28H,19-26,29-33H2,(H,44,50)/b42-27?,43-28-. The van der Waals surface area contributed by atoms with Gasteiger partial charge in [-0.25, -0.2) is 5.43 Å². The van der Waals surface area contributed by atoms with Crippen LogP contribution < -0.4 is 5.43 Å². The van der Waals surface area contributed by atoms with Crippen LogP contribution in [0.5, 0.6) is 0 Å². The van der Waals surface area contributed by atoms with E-state index < -0.39 is 0 Å². The Morgan fingerprint density at radius 2 is 1.00 bits per heavy atom. The number of rotatable bonds is 16. The molecular formula is C41H47N7O2S2. The highest BCUT2D eigenvalue weighted by atomic mass is 33.1. The van der Waals surface area contributed by atoms with Crippen LogP contribution in [0.2, 0.25) is 0 Å². The first-order valence-electron chi connectivity index (χ1n) is 17.9. The Hall–Kier alpha value is -4.10. The number of hydrogen-bond donors (Lipinski definition) is 1. The van der Waals surface area contributed by atoms with Crippen molar-refractivity contribution in [1.29, 1.82) is 0 Å². The van der Waals surface area contributed by atoms with E-state index in [4.69, 9.17) is 0 Å². The maximum absolute atomic E-state index is 12.8. The number of hydrogen-bond acceptors (Lipinski definition) is 10. The number of Topliss-reactive ketones (excluding diaryl/α,β-unsaturated/α-hetero) is 1. The van der Waals surface area contributed by atoms with Crippen molar-refractivity contribution in [2.45, 2.75) is 22.9 Å². The predicted octanol–water partition coefficient (Wildman–Crippen LogP) is 5.56. The van der Waals surface area contributed by atoms with Crippen molar-refractivity contribution in [3.05, 3.63) is 131 Å². The maximum Gasteiger partial charge on any atom is 0.254 e. The SMILES string of the molecule is O=C(CN=Cc1ccccc1SSc1ccccc1/C=N\NC(=O)CN1CCN(Cc2ccccc2)CC1)CN1CCN(Cc2ccccc2)CC1. The average Bonchev–Trinajstić information content (AvgIpc) is 3.17. The third kappa shape index (κ3) is 12.3. The average molecular weight is 734 g/mol. The minimum atomic E-state index is -0.111. The molecule has 0 aromatic heterocycles. The van der Waals surface area contributed by atoms with Crippen LogP contribution in [0.4, 0.5) is 0 Å². The Balaban J connectivity index is 0.914. The van der Waals surface area contributed by atoms with Crippen LogP contribution in [0.1, 0.15) is 22.3 Å². The number of nitrogens with zero attached hydrogens (tertiary/aromatic N) is 6. The van der Waals surface area contributed by atoms with Gasteiger partial charge in [0.1, 0.15) is 0 Å². The van der Waals surface area contributed by atoms with E-state index in [9.17, 15) is 9.59 Å². The topological polar surface area (TPSA) is 83.8 Å². The van der Waals surface area contributed by atoms with Crippen LogP contribution in [0, 0.1) is 0 Å². The number of benzene rings is 4. The molecule has 52 heavy (non-hydrogen) atoms. The van der Waals surface area contributed by atoms with E-state index >= 15 is 0 Å². The molecule has 0 saturated carbocycles. The lowest BCUT2D eigenvalue weighted by Gasteiger charge is -2.34. The van der Waals surface area contributed by atoms with Crippen LogP contribution in [-0.2, 0) is 22.7 Å². The molecule has 0 spiro atoms. The van der Waals surface area contributed by atoms with Crippen LogP contribution in [0.25, 0.3) is 0 Å². The minimum Gasteiger partial charge on any atom is -0.297 e. The number of piperazine rings is 2. The van der Waals surface area contributed by atoms with Crippen molar-refractivity contribution in [3.8, 4) is 0 Å². The summed E-state index contributed by atoms with van der Waals surface area (Å²) in [5, 5.41) is 4.29. The minimum absolute atomic E-state index is 0.111. The predicted molar refractivity (Wildman–Crippen MR) is 214 cm³/mol. The molecule has 9 nitrogen and oxygen atoms in total. The first-order chi connectivity index (χ1) is 25.6. The third-order valence-electron chi connectivity index (χ3n) is 9.15. The van der Waals surface area contributed by atoms with E-state index in [-0.39, 0.29) is 18.2 Å². The Morgan fingerprint density at radius 3 is 1.54 bits per heavy atom. The van der Waals surface area contributed by atoms with E-state index in [0.717, 1.165) is 86.4 Å². The number of hydrazone groups is 1. The molecule has 1 N–H and O–H groups in total. The molecule has 1 amide bonds. The summed E-state index contributed by atoms with van der Waals surface area (Å²) < 4.78 is 0.